The molecule has 2 heterocycles. The second-order valence-electron chi connectivity index (χ2n) is 3.28. The van der Waals surface area contributed by atoms with Crippen molar-refractivity contribution < 1.29 is 14.7 Å². The molecular weight excluding hydrogens is 184 g/mol. The third kappa shape index (κ3) is 1.48. The number of carboxylic acid groups (broad SMARTS) is 1. The highest BCUT2D eigenvalue weighted by atomic mass is 16.4. The minimum Gasteiger partial charge on any atom is -0.477 e. The number of hydrogen-bond acceptors (Lipinski definition) is 2. The molecule has 0 spiro atoms. The molecule has 5 heteroatoms. The maximum Gasteiger partial charge on any atom is 0.352 e. The minimum atomic E-state index is -1.01. The van der Waals surface area contributed by atoms with Crippen LogP contribution in [0.1, 0.15) is 29.0 Å². The van der Waals surface area contributed by atoms with E-state index in [-0.39, 0.29) is 11.6 Å². The lowest BCUT2D eigenvalue weighted by Gasteiger charge is -1.97. The fourth-order valence-electron chi connectivity index (χ4n) is 1.56. The number of rotatable bonds is 1. The number of fused-ring (bicyclic) bond motifs is 1. The maximum atomic E-state index is 11.2. The molecule has 0 bridgehead atoms. The summed E-state index contributed by atoms with van der Waals surface area (Å²) in [5.41, 5.74) is 1.52. The smallest absolute Gasteiger partial charge is 0.352 e. The predicted octanol–water partition coefficient (Wildman–Crippen LogP) is 0.988. The van der Waals surface area contributed by atoms with Gasteiger partial charge in [-0.25, -0.2) is 4.79 Å². The number of carbonyl (C=O) groups excluding carboxylic acids is 1. The number of hydrogen-bond donors (Lipinski definition) is 3. The van der Waals surface area contributed by atoms with Gasteiger partial charge in [0.25, 0.3) is 0 Å². The molecule has 3 N–H and O–H groups in total. The molecule has 1 aromatic rings. The Hall–Kier alpha value is -1.78. The first kappa shape index (κ1) is 8.80. The summed E-state index contributed by atoms with van der Waals surface area (Å²) in [5, 5.41) is 11.4. The Morgan fingerprint density at radius 3 is 2.93 bits per heavy atom. The van der Waals surface area contributed by atoms with Crippen LogP contribution in [-0.4, -0.2) is 22.0 Å². The number of anilines is 1. The SMILES string of the molecule is O=C1CCCc2[nH]c(C(=O)O)cc2N1. The van der Waals surface area contributed by atoms with Crippen molar-refractivity contribution in [2.45, 2.75) is 19.3 Å². The molecule has 0 saturated carbocycles. The van der Waals surface area contributed by atoms with Gasteiger partial charge < -0.3 is 15.4 Å². The van der Waals surface area contributed by atoms with Crippen LogP contribution in [0.4, 0.5) is 5.69 Å². The van der Waals surface area contributed by atoms with E-state index in [1.54, 1.807) is 0 Å². The molecule has 0 aromatic carbocycles. The second kappa shape index (κ2) is 3.17. The number of aromatic nitrogens is 1. The molecule has 0 aliphatic carbocycles. The average molecular weight is 194 g/mol. The molecule has 14 heavy (non-hydrogen) atoms. The Kier molecular flexibility index (Phi) is 1.99. The highest BCUT2D eigenvalue weighted by Gasteiger charge is 2.17. The van der Waals surface area contributed by atoms with Crippen molar-refractivity contribution in [3.05, 3.63) is 17.5 Å². The zero-order chi connectivity index (χ0) is 10.1. The Morgan fingerprint density at radius 2 is 2.21 bits per heavy atom. The second-order valence-corrected chi connectivity index (χ2v) is 3.28. The number of aryl methyl sites for hydroxylation is 1. The van der Waals surface area contributed by atoms with Crippen LogP contribution in [0.15, 0.2) is 6.07 Å². The lowest BCUT2D eigenvalue weighted by atomic mass is 10.2. The summed E-state index contributed by atoms with van der Waals surface area (Å²) in [7, 11) is 0. The van der Waals surface area contributed by atoms with Gasteiger partial charge in [-0.15, -0.1) is 0 Å². The zero-order valence-corrected chi connectivity index (χ0v) is 7.46. The van der Waals surface area contributed by atoms with Gasteiger partial charge in [0.15, 0.2) is 0 Å². The van der Waals surface area contributed by atoms with Crippen molar-refractivity contribution in [1.82, 2.24) is 4.98 Å². The molecule has 74 valence electrons. The van der Waals surface area contributed by atoms with Crippen molar-refractivity contribution in [1.29, 1.82) is 0 Å². The van der Waals surface area contributed by atoms with Gasteiger partial charge in [-0.05, 0) is 18.9 Å². The lowest BCUT2D eigenvalue weighted by Crippen LogP contribution is -2.08. The van der Waals surface area contributed by atoms with Crippen LogP contribution >= 0.6 is 0 Å². The molecule has 1 aliphatic heterocycles. The Labute approximate surface area is 80.1 Å². The monoisotopic (exact) mass is 194 g/mol. The molecule has 1 aliphatic rings. The molecular formula is C9H10N2O3. The summed E-state index contributed by atoms with van der Waals surface area (Å²) in [4.78, 5) is 24.6. The molecule has 5 nitrogen and oxygen atoms in total. The van der Waals surface area contributed by atoms with E-state index in [1.807, 2.05) is 0 Å². The highest BCUT2D eigenvalue weighted by Crippen LogP contribution is 2.22. The number of aromatic carboxylic acids is 1. The molecule has 0 saturated heterocycles. The van der Waals surface area contributed by atoms with Gasteiger partial charge in [-0.2, -0.15) is 0 Å². The van der Waals surface area contributed by atoms with Gasteiger partial charge in [-0.1, -0.05) is 0 Å². The van der Waals surface area contributed by atoms with E-state index in [1.165, 1.54) is 6.07 Å². The van der Waals surface area contributed by atoms with Crippen molar-refractivity contribution in [2.75, 3.05) is 5.32 Å². The molecule has 0 radical (unpaired) electrons. The first-order valence-electron chi connectivity index (χ1n) is 4.42. The summed E-state index contributed by atoms with van der Waals surface area (Å²) >= 11 is 0. The molecule has 0 atom stereocenters. The topological polar surface area (TPSA) is 82.2 Å². The van der Waals surface area contributed by atoms with E-state index >= 15 is 0 Å². The average Bonchev–Trinajstić information content (AvgIpc) is 2.42. The van der Waals surface area contributed by atoms with E-state index in [9.17, 15) is 9.59 Å². The van der Waals surface area contributed by atoms with Gasteiger partial charge in [-0.3, -0.25) is 4.79 Å². The van der Waals surface area contributed by atoms with Crippen LogP contribution in [-0.2, 0) is 11.2 Å². The number of amides is 1. The predicted molar refractivity (Wildman–Crippen MR) is 49.3 cm³/mol. The maximum absolute atomic E-state index is 11.2. The third-order valence-corrected chi connectivity index (χ3v) is 2.23. The molecule has 1 aromatic heterocycles. The normalized spacial score (nSPS) is 15.6. The molecule has 1 amide bonds. The van der Waals surface area contributed by atoms with Crippen molar-refractivity contribution in [3.8, 4) is 0 Å². The van der Waals surface area contributed by atoms with Crippen LogP contribution < -0.4 is 5.32 Å². The van der Waals surface area contributed by atoms with E-state index in [4.69, 9.17) is 5.11 Å². The zero-order valence-electron chi connectivity index (χ0n) is 7.46. The first-order valence-corrected chi connectivity index (χ1v) is 4.42. The number of aromatic amines is 1. The van der Waals surface area contributed by atoms with E-state index in [0.717, 1.165) is 12.1 Å². The standard InChI is InChI=1S/C9H10N2O3/c12-8-3-1-2-5-6(11-8)4-7(10-5)9(13)14/h4,10H,1-3H2,(H,11,12)(H,13,14). The van der Waals surface area contributed by atoms with Gasteiger partial charge in [0.1, 0.15) is 5.69 Å². The fraction of sp³-hybridized carbons (Fsp3) is 0.333. The molecule has 0 fully saturated rings. The number of H-pyrrole nitrogens is 1. The van der Waals surface area contributed by atoms with Gasteiger partial charge in [0, 0.05) is 12.1 Å². The summed E-state index contributed by atoms with van der Waals surface area (Å²) in [6, 6.07) is 1.46. The quantitative estimate of drug-likeness (QED) is 0.623. The van der Waals surface area contributed by atoms with Crippen LogP contribution in [0.25, 0.3) is 0 Å². The van der Waals surface area contributed by atoms with E-state index in [2.05, 4.69) is 10.3 Å². The minimum absolute atomic E-state index is 0.0558. The fourth-order valence-corrected chi connectivity index (χ4v) is 1.56. The van der Waals surface area contributed by atoms with Gasteiger partial charge >= 0.3 is 5.97 Å². The van der Waals surface area contributed by atoms with Crippen LogP contribution in [0, 0.1) is 0 Å². The summed E-state index contributed by atoms with van der Waals surface area (Å²) in [5.74, 6) is -1.06. The lowest BCUT2D eigenvalue weighted by molar-refractivity contribution is -0.116. The Bertz CT molecular complexity index is 395. The molecule has 0 unspecified atom stereocenters. The van der Waals surface area contributed by atoms with Crippen molar-refractivity contribution in [3.63, 3.8) is 0 Å². The largest absolute Gasteiger partial charge is 0.477 e. The summed E-state index contributed by atoms with van der Waals surface area (Å²) in [6.07, 6.45) is 1.95. The van der Waals surface area contributed by atoms with Crippen LogP contribution in [0.2, 0.25) is 0 Å². The number of carboxylic acids is 1. The first-order chi connectivity index (χ1) is 6.66. The number of carbonyl (C=O) groups is 2. The summed E-state index contributed by atoms with van der Waals surface area (Å²) < 4.78 is 0. The third-order valence-electron chi connectivity index (χ3n) is 2.23. The van der Waals surface area contributed by atoms with Crippen LogP contribution in [0.3, 0.4) is 0 Å². The highest BCUT2D eigenvalue weighted by molar-refractivity contribution is 5.95. The van der Waals surface area contributed by atoms with E-state index in [0.29, 0.717) is 18.5 Å². The Balaban J connectivity index is 2.36. The number of nitrogens with one attached hydrogen (secondary N) is 2. The van der Waals surface area contributed by atoms with Crippen molar-refractivity contribution >= 4 is 17.6 Å². The van der Waals surface area contributed by atoms with Gasteiger partial charge in [0.05, 0.1) is 5.69 Å². The van der Waals surface area contributed by atoms with Gasteiger partial charge in [0.2, 0.25) is 5.91 Å². The van der Waals surface area contributed by atoms with Crippen molar-refractivity contribution in [2.24, 2.45) is 0 Å². The molecule has 2 rings (SSSR count). The Morgan fingerprint density at radius 1 is 1.43 bits per heavy atom. The van der Waals surface area contributed by atoms with E-state index < -0.39 is 5.97 Å². The van der Waals surface area contributed by atoms with Crippen LogP contribution in [0.5, 0.6) is 0 Å². The summed E-state index contributed by atoms with van der Waals surface area (Å²) in [6.45, 7) is 0.